The summed E-state index contributed by atoms with van der Waals surface area (Å²) in [6.07, 6.45) is 0. The normalized spacial score (nSPS) is 8.89. The topological polar surface area (TPSA) is 81.5 Å². The fourth-order valence-electron chi connectivity index (χ4n) is 1.26. The zero-order valence-electron chi connectivity index (χ0n) is 11.4. The van der Waals surface area contributed by atoms with Crippen molar-refractivity contribution >= 4 is 0 Å². The van der Waals surface area contributed by atoms with Gasteiger partial charge >= 0.3 is 0 Å². The quantitative estimate of drug-likeness (QED) is 0.570. The molecule has 0 bridgehead atoms. The van der Waals surface area contributed by atoms with Crippen molar-refractivity contribution < 1.29 is 11.3 Å². The Balaban J connectivity index is 0. The van der Waals surface area contributed by atoms with Crippen LogP contribution in [0.25, 0.3) is 0 Å². The minimum Gasteiger partial charge on any atom is -0.502 e. The third-order valence-electron chi connectivity index (χ3n) is 2.10. The molecule has 4 heteroatoms. The first-order chi connectivity index (χ1) is 8.41. The zero-order valence-corrected chi connectivity index (χ0v) is 11.4. The summed E-state index contributed by atoms with van der Waals surface area (Å²) in [7, 11) is 0. The predicted octanol–water partition coefficient (Wildman–Crippen LogP) is 3.11. The van der Waals surface area contributed by atoms with E-state index in [1.54, 1.807) is 6.07 Å². The third kappa shape index (κ3) is 4.41. The highest BCUT2D eigenvalue weighted by Crippen LogP contribution is 2.22. The molecule has 1 rings (SSSR count). The molecule has 0 saturated carbocycles. The van der Waals surface area contributed by atoms with E-state index in [2.05, 4.69) is 6.58 Å². The summed E-state index contributed by atoms with van der Waals surface area (Å²) in [5, 5.41) is 9.41. The van der Waals surface area contributed by atoms with Crippen molar-refractivity contribution in [3.05, 3.63) is 53.2 Å². The molecule has 0 unspecified atom stereocenters. The second-order valence-electron chi connectivity index (χ2n) is 3.60. The molecule has 0 spiro atoms. The summed E-state index contributed by atoms with van der Waals surface area (Å²) >= 11 is 0. The van der Waals surface area contributed by atoms with Gasteiger partial charge in [0.1, 0.15) is 11.6 Å². The number of hydrogen-bond donors (Lipinski definition) is 3. The molecule has 0 aliphatic rings. The molecule has 5 N–H and O–H groups in total. The summed E-state index contributed by atoms with van der Waals surface area (Å²) in [5.74, 6) is 0.102. The molecule has 0 aromatic heterocycles. The average Bonchev–Trinajstić information content (AvgIpc) is 2.34. The molecule has 0 fully saturated rings. The molecule has 0 atom stereocenters. The summed E-state index contributed by atoms with van der Waals surface area (Å²) in [6, 6.07) is 5.67. The van der Waals surface area contributed by atoms with Gasteiger partial charge < -0.3 is 21.3 Å². The summed E-state index contributed by atoms with van der Waals surface area (Å²) in [6.45, 7) is 11.4. The van der Waals surface area contributed by atoms with Crippen molar-refractivity contribution in [3.63, 3.8) is 0 Å². The van der Waals surface area contributed by atoms with E-state index in [4.69, 9.17) is 16.2 Å². The van der Waals surface area contributed by atoms with Crippen LogP contribution in [0, 0.1) is 13.8 Å². The lowest BCUT2D eigenvalue weighted by Crippen LogP contribution is -2.14. The van der Waals surface area contributed by atoms with E-state index in [1.807, 2.05) is 39.8 Å². The highest BCUT2D eigenvalue weighted by molar-refractivity contribution is 5.38. The third-order valence-corrected chi connectivity index (χ3v) is 2.10. The van der Waals surface area contributed by atoms with Gasteiger partial charge in [0.25, 0.3) is 0 Å². The van der Waals surface area contributed by atoms with Crippen molar-refractivity contribution in [1.29, 1.82) is 0 Å². The van der Waals surface area contributed by atoms with E-state index < -0.39 is 0 Å². The first-order valence-corrected chi connectivity index (χ1v) is 5.80. The number of aliphatic hydroxyl groups is 1. The van der Waals surface area contributed by atoms with E-state index >= 15 is 0 Å². The van der Waals surface area contributed by atoms with Crippen LogP contribution in [0.4, 0.5) is 0 Å². The van der Waals surface area contributed by atoms with Crippen molar-refractivity contribution in [2.45, 2.75) is 27.7 Å². The van der Waals surface area contributed by atoms with Crippen LogP contribution < -0.4 is 16.2 Å². The van der Waals surface area contributed by atoms with E-state index in [1.165, 1.54) is 0 Å². The Morgan fingerprint density at radius 2 is 1.83 bits per heavy atom. The number of aryl methyl sites for hydroxylation is 2. The molecule has 18 heavy (non-hydrogen) atoms. The van der Waals surface area contributed by atoms with E-state index in [0.717, 1.165) is 11.1 Å². The van der Waals surface area contributed by atoms with Crippen LogP contribution >= 0.6 is 0 Å². The van der Waals surface area contributed by atoms with Gasteiger partial charge in [0.05, 0.1) is 0 Å². The Labute approximate surface area is 110 Å². The minimum absolute atomic E-state index is 0. The maximum absolute atomic E-state index is 9.41. The van der Waals surface area contributed by atoms with Gasteiger partial charge in [0.15, 0.2) is 11.5 Å². The fourth-order valence-corrected chi connectivity index (χ4v) is 1.26. The highest BCUT2D eigenvalue weighted by atomic mass is 16.5. The minimum atomic E-state index is -0.333. The van der Waals surface area contributed by atoms with E-state index in [0.29, 0.717) is 5.75 Å². The van der Waals surface area contributed by atoms with Gasteiger partial charge in [-0.15, -0.1) is 0 Å². The lowest BCUT2D eigenvalue weighted by atomic mass is 10.1. The van der Waals surface area contributed by atoms with Crippen molar-refractivity contribution in [2.75, 3.05) is 0 Å². The van der Waals surface area contributed by atoms with E-state index in [9.17, 15) is 5.11 Å². The second kappa shape index (κ2) is 7.27. The van der Waals surface area contributed by atoms with Gasteiger partial charge in [-0.2, -0.15) is 0 Å². The number of hydrogen-bond acceptors (Lipinski definition) is 4. The Morgan fingerprint density at radius 3 is 2.28 bits per heavy atom. The first kappa shape index (κ1) is 15.9. The molecule has 0 radical (unpaired) electrons. The molecule has 0 saturated heterocycles. The summed E-state index contributed by atoms with van der Waals surface area (Å²) in [4.78, 5) is 0. The number of benzene rings is 1. The Hall–Kier alpha value is -2.10. The van der Waals surface area contributed by atoms with Gasteiger partial charge in [0.2, 0.25) is 0 Å². The van der Waals surface area contributed by atoms with Crippen LogP contribution in [0.2, 0.25) is 0 Å². The van der Waals surface area contributed by atoms with Crippen LogP contribution in [0.5, 0.6) is 5.75 Å². The summed E-state index contributed by atoms with van der Waals surface area (Å²) < 4.78 is 5.36. The van der Waals surface area contributed by atoms with Gasteiger partial charge in [-0.25, -0.2) is 0 Å². The van der Waals surface area contributed by atoms with Gasteiger partial charge in [-0.05, 0) is 25.5 Å². The van der Waals surface area contributed by atoms with Crippen molar-refractivity contribution in [3.8, 4) is 5.75 Å². The molecule has 0 aliphatic heterocycles. The fraction of sp³-hybridized carbons (Fsp3) is 0.286. The zero-order chi connectivity index (χ0) is 14.3. The maximum Gasteiger partial charge on any atom is 0.198 e. The lowest BCUT2D eigenvalue weighted by molar-refractivity contribution is 0.332. The van der Waals surface area contributed by atoms with Crippen molar-refractivity contribution in [1.82, 2.24) is 0 Å². The number of aliphatic hydroxyl groups excluding tert-OH is 1. The molecule has 1 aromatic carbocycles. The van der Waals surface area contributed by atoms with Gasteiger partial charge in [-0.3, -0.25) is 0 Å². The lowest BCUT2D eigenvalue weighted by Gasteiger charge is -2.11. The monoisotopic (exact) mass is 252 g/mol. The summed E-state index contributed by atoms with van der Waals surface area (Å²) in [5.41, 5.74) is 12.5. The number of ether oxygens (including phenoxy) is 1. The number of nitrogens with two attached hydrogens (primary N) is 2. The Bertz CT molecular complexity index is 453. The predicted molar refractivity (Wildman–Crippen MR) is 77.2 cm³/mol. The first-order valence-electron chi connectivity index (χ1n) is 5.80. The Morgan fingerprint density at radius 1 is 1.28 bits per heavy atom. The molecular weight excluding hydrogens is 228 g/mol. The van der Waals surface area contributed by atoms with Gasteiger partial charge in [0, 0.05) is 1.43 Å². The van der Waals surface area contributed by atoms with Gasteiger partial charge in [-0.1, -0.05) is 38.1 Å². The molecule has 0 aliphatic carbocycles. The molecule has 4 nitrogen and oxygen atoms in total. The molecule has 1 aromatic rings. The molecule has 0 amide bonds. The maximum atomic E-state index is 9.41. The second-order valence-corrected chi connectivity index (χ2v) is 3.60. The van der Waals surface area contributed by atoms with Crippen LogP contribution in [0.15, 0.2) is 42.1 Å². The van der Waals surface area contributed by atoms with Crippen LogP contribution in [-0.4, -0.2) is 5.11 Å². The van der Waals surface area contributed by atoms with Crippen molar-refractivity contribution in [2.24, 2.45) is 11.5 Å². The Kier molecular flexibility index (Phi) is 6.42. The standard InChI is InChI=1S/C12H16N2O2.C2H6.H2/c1-7-4-5-10(8(2)6-7)16-9(3)11(15)12(13)14;1-2;/h4-6,15H,3,13-14H2,1-2H3;1-2H3;1H. The van der Waals surface area contributed by atoms with Crippen LogP contribution in [0.3, 0.4) is 0 Å². The van der Waals surface area contributed by atoms with E-state index in [-0.39, 0.29) is 18.8 Å². The molecule has 0 heterocycles. The molecule has 102 valence electrons. The largest absolute Gasteiger partial charge is 0.502 e. The SMILES string of the molecule is C=C(Oc1ccc(C)cc1C)C(O)=C(N)N.CC.[HH]. The number of rotatable bonds is 3. The average molecular weight is 252 g/mol. The van der Waals surface area contributed by atoms with Crippen LogP contribution in [0.1, 0.15) is 26.4 Å². The smallest absolute Gasteiger partial charge is 0.198 e. The molecular formula is C14H24N2O2. The van der Waals surface area contributed by atoms with Crippen LogP contribution in [-0.2, 0) is 0 Å². The highest BCUT2D eigenvalue weighted by Gasteiger charge is 2.08.